The summed E-state index contributed by atoms with van der Waals surface area (Å²) >= 11 is 0. The fourth-order valence-corrected chi connectivity index (χ4v) is 11.7. The normalized spacial score (nSPS) is 51.0. The van der Waals surface area contributed by atoms with Crippen LogP contribution in [0.25, 0.3) is 0 Å². The molecule has 0 aromatic rings. The molecule has 0 radical (unpaired) electrons. The number of hydrogen-bond donors (Lipinski definition) is 3. The molecule has 9 aliphatic heterocycles. The van der Waals surface area contributed by atoms with E-state index >= 15 is 0 Å². The first kappa shape index (κ1) is 41.8. The first-order chi connectivity index (χ1) is 27.6. The van der Waals surface area contributed by atoms with Gasteiger partial charge in [-0.1, -0.05) is 27.0 Å². The van der Waals surface area contributed by atoms with Crippen LogP contribution in [-0.2, 0) is 52.2 Å². The first-order valence-electron chi connectivity index (χ1n) is 22.2. The van der Waals surface area contributed by atoms with Crippen molar-refractivity contribution in [3.8, 4) is 0 Å². The smallest absolute Gasteiger partial charge is 0.305 e. The summed E-state index contributed by atoms with van der Waals surface area (Å²) in [7, 11) is 0. The van der Waals surface area contributed by atoms with E-state index in [1.54, 1.807) is 0 Å². The van der Waals surface area contributed by atoms with Gasteiger partial charge in [0.25, 0.3) is 0 Å². The van der Waals surface area contributed by atoms with Gasteiger partial charge in [0.15, 0.2) is 11.6 Å². The molecule has 9 rings (SSSR count). The lowest BCUT2D eigenvalue weighted by Crippen LogP contribution is -2.63. The van der Waals surface area contributed by atoms with Crippen molar-refractivity contribution < 1.29 is 67.5 Å². The Morgan fingerprint density at radius 3 is 2.33 bits per heavy atom. The van der Waals surface area contributed by atoms with Crippen LogP contribution in [-0.4, -0.2) is 143 Å². The number of rotatable bonds is 10. The zero-order valence-corrected chi connectivity index (χ0v) is 34.6. The van der Waals surface area contributed by atoms with Crippen LogP contribution in [0.15, 0.2) is 24.3 Å². The molecule has 0 aromatic carbocycles. The molecule has 58 heavy (non-hydrogen) atoms. The molecule has 0 aromatic heterocycles. The average molecular weight is 819 g/mol. The SMILES string of the molecule is C=C1C[C@H](CC[C@]23C[C@@H](O)C(O2)[C@H]2CC(O3)[C@H]3O[C@@H](CC(=O)O)CC[C@@H]3O2)O[C@H]1CC[C@H]1C[C@@H](C)C(=C)[C@@H](C[C@@H]2O[C@H]3C[C@H]4OC(C)(C)OC[C@H]4O[C@H]3[C@H](C)[C@H]2O)O1. The van der Waals surface area contributed by atoms with Crippen LogP contribution >= 0.6 is 0 Å². The van der Waals surface area contributed by atoms with E-state index in [9.17, 15) is 20.1 Å². The number of carboxylic acids is 1. The molecule has 14 nitrogen and oxygen atoms in total. The van der Waals surface area contributed by atoms with Crippen molar-refractivity contribution in [2.75, 3.05) is 6.61 Å². The topological polar surface area (TPSA) is 170 Å². The molecular formula is C44H66O14. The Morgan fingerprint density at radius 2 is 1.52 bits per heavy atom. The van der Waals surface area contributed by atoms with Crippen LogP contribution in [0, 0.1) is 11.8 Å². The number of ether oxygens (including phenoxy) is 10. The molecule has 9 aliphatic rings. The fraction of sp³-hybridized carbons (Fsp3) is 0.886. The summed E-state index contributed by atoms with van der Waals surface area (Å²) in [6, 6.07) is 0. The molecule has 0 saturated carbocycles. The highest BCUT2D eigenvalue weighted by Gasteiger charge is 2.60. The van der Waals surface area contributed by atoms with Gasteiger partial charge in [-0.3, -0.25) is 4.79 Å². The second-order valence-corrected chi connectivity index (χ2v) is 19.5. The standard InChI is InChI=1S/C44H66O14/c1-21-13-25(51-31(23(21)3)16-33-39(48)24(4)40-34(54-33)17-32-37(55-40)20-49-43(5,6)56-32)7-9-29-22(2)14-27(50-29)11-12-44-19-28(45)41(58-44)35-18-36(57-44)42-30(53-35)10-8-26(52-42)15-38(46)47/h21,24-37,39-42,45,48H,2-3,7-20H2,1,4-6H3,(H,46,47)/t21-,24-,25+,26-,27+,28-,29+,30+,31-,32-,33+,34+,35-,36?,37-,39-,40+,41?,42+,44-/m1/s1. The molecule has 14 heteroatoms. The lowest BCUT2D eigenvalue weighted by Gasteiger charge is -2.53. The van der Waals surface area contributed by atoms with Crippen molar-refractivity contribution in [2.24, 2.45) is 11.8 Å². The molecule has 0 spiro atoms. The number of carboxylic acid groups (broad SMARTS) is 1. The minimum atomic E-state index is -0.993. The Bertz CT molecular complexity index is 1540. The lowest BCUT2D eigenvalue weighted by atomic mass is 9.79. The van der Waals surface area contributed by atoms with Gasteiger partial charge in [-0.05, 0) is 75.9 Å². The van der Waals surface area contributed by atoms with Crippen LogP contribution in [0.2, 0.25) is 0 Å². The second-order valence-electron chi connectivity index (χ2n) is 19.5. The van der Waals surface area contributed by atoms with E-state index < -0.39 is 42.0 Å². The molecule has 20 atom stereocenters. The maximum Gasteiger partial charge on any atom is 0.305 e. The van der Waals surface area contributed by atoms with Gasteiger partial charge in [-0.2, -0.15) is 0 Å². The molecule has 4 bridgehead atoms. The Morgan fingerprint density at radius 1 is 0.741 bits per heavy atom. The van der Waals surface area contributed by atoms with Gasteiger partial charge in [0.1, 0.15) is 18.3 Å². The minimum absolute atomic E-state index is 0.00888. The van der Waals surface area contributed by atoms with Gasteiger partial charge >= 0.3 is 5.97 Å². The quantitative estimate of drug-likeness (QED) is 0.264. The van der Waals surface area contributed by atoms with Gasteiger partial charge in [0, 0.05) is 38.0 Å². The summed E-state index contributed by atoms with van der Waals surface area (Å²) in [6.45, 7) is 17.4. The van der Waals surface area contributed by atoms with E-state index in [1.807, 2.05) is 20.8 Å². The summed E-state index contributed by atoms with van der Waals surface area (Å²) in [4.78, 5) is 11.4. The maximum atomic E-state index is 11.5. The van der Waals surface area contributed by atoms with E-state index in [-0.39, 0.29) is 97.6 Å². The Hall–Kier alpha value is -1.53. The third-order valence-electron chi connectivity index (χ3n) is 14.8. The summed E-state index contributed by atoms with van der Waals surface area (Å²) in [5.41, 5.74) is 2.11. The molecule has 326 valence electrons. The Balaban J connectivity index is 0.773. The van der Waals surface area contributed by atoms with Gasteiger partial charge in [-0.25, -0.2) is 0 Å². The summed E-state index contributed by atoms with van der Waals surface area (Å²) in [5.74, 6) is -2.39. The highest BCUT2D eigenvalue weighted by Crippen LogP contribution is 2.49. The molecule has 0 aliphatic carbocycles. The number of aliphatic hydroxyl groups excluding tert-OH is 2. The van der Waals surface area contributed by atoms with Crippen LogP contribution < -0.4 is 0 Å². The van der Waals surface area contributed by atoms with Gasteiger partial charge in [-0.15, -0.1) is 0 Å². The van der Waals surface area contributed by atoms with Gasteiger partial charge in [0.2, 0.25) is 0 Å². The molecule has 3 N–H and O–H groups in total. The lowest BCUT2D eigenvalue weighted by molar-refractivity contribution is -0.355. The van der Waals surface area contributed by atoms with Crippen molar-refractivity contribution in [2.45, 2.75) is 227 Å². The van der Waals surface area contributed by atoms with E-state index in [4.69, 9.17) is 47.4 Å². The molecular weight excluding hydrogens is 752 g/mol. The van der Waals surface area contributed by atoms with Crippen molar-refractivity contribution in [3.63, 3.8) is 0 Å². The van der Waals surface area contributed by atoms with Gasteiger partial charge in [0.05, 0.1) is 98.5 Å². The zero-order chi connectivity index (χ0) is 40.7. The van der Waals surface area contributed by atoms with E-state index in [1.165, 1.54) is 0 Å². The Kier molecular flexibility index (Phi) is 11.8. The molecule has 9 fully saturated rings. The van der Waals surface area contributed by atoms with E-state index in [0.717, 1.165) is 36.8 Å². The van der Waals surface area contributed by atoms with E-state index in [0.29, 0.717) is 58.0 Å². The van der Waals surface area contributed by atoms with Crippen molar-refractivity contribution in [1.29, 1.82) is 0 Å². The number of carbonyl (C=O) groups is 1. The average Bonchev–Trinajstić information content (AvgIpc) is 3.66. The van der Waals surface area contributed by atoms with Crippen LogP contribution in [0.1, 0.15) is 111 Å². The predicted octanol–water partition coefficient (Wildman–Crippen LogP) is 4.50. The van der Waals surface area contributed by atoms with E-state index in [2.05, 4.69) is 20.1 Å². The molecule has 9 saturated heterocycles. The molecule has 9 heterocycles. The first-order valence-corrected chi connectivity index (χ1v) is 22.2. The highest BCUT2D eigenvalue weighted by atomic mass is 16.7. The van der Waals surface area contributed by atoms with Crippen LogP contribution in [0.4, 0.5) is 0 Å². The fourth-order valence-electron chi connectivity index (χ4n) is 11.7. The second kappa shape index (κ2) is 16.3. The highest BCUT2D eigenvalue weighted by molar-refractivity contribution is 5.67. The van der Waals surface area contributed by atoms with Crippen molar-refractivity contribution in [3.05, 3.63) is 24.3 Å². The number of aliphatic carboxylic acids is 1. The van der Waals surface area contributed by atoms with Crippen LogP contribution in [0.5, 0.6) is 0 Å². The third kappa shape index (κ3) is 8.36. The summed E-state index contributed by atoms with van der Waals surface area (Å²) in [5, 5.41) is 32.0. The minimum Gasteiger partial charge on any atom is -0.481 e. The number of fused-ring (bicyclic) bond motifs is 9. The van der Waals surface area contributed by atoms with Crippen molar-refractivity contribution >= 4 is 5.97 Å². The van der Waals surface area contributed by atoms with Crippen molar-refractivity contribution in [1.82, 2.24) is 0 Å². The Labute approximate surface area is 342 Å². The molecule has 0 amide bonds. The predicted molar refractivity (Wildman–Crippen MR) is 206 cm³/mol. The third-order valence-corrected chi connectivity index (χ3v) is 14.8. The molecule has 2 unspecified atom stereocenters. The largest absolute Gasteiger partial charge is 0.481 e. The number of hydrogen-bond acceptors (Lipinski definition) is 13. The number of aliphatic hydroxyl groups is 2. The zero-order valence-electron chi connectivity index (χ0n) is 34.6. The summed E-state index contributed by atoms with van der Waals surface area (Å²) < 4.78 is 64.5. The summed E-state index contributed by atoms with van der Waals surface area (Å²) in [6.07, 6.45) is 2.82. The van der Waals surface area contributed by atoms with Crippen LogP contribution in [0.3, 0.4) is 0 Å². The monoisotopic (exact) mass is 818 g/mol. The maximum absolute atomic E-state index is 11.5. The van der Waals surface area contributed by atoms with Gasteiger partial charge < -0.3 is 62.7 Å².